The molecule has 148 valence electrons. The number of amides is 2. The lowest BCUT2D eigenvalue weighted by Gasteiger charge is -2.35. The zero-order chi connectivity index (χ0) is 19.7. The van der Waals surface area contributed by atoms with Gasteiger partial charge >= 0.3 is 6.03 Å². The number of aromatic nitrogens is 2. The number of halogens is 1. The Balaban J connectivity index is 1.55. The highest BCUT2D eigenvalue weighted by Gasteiger charge is 2.29. The van der Waals surface area contributed by atoms with Crippen LogP contribution in [0.2, 0.25) is 0 Å². The van der Waals surface area contributed by atoms with E-state index in [0.717, 1.165) is 49.1 Å². The summed E-state index contributed by atoms with van der Waals surface area (Å²) in [5.74, 6) is 1.27. The second-order valence-electron chi connectivity index (χ2n) is 7.55. The highest BCUT2D eigenvalue weighted by Crippen LogP contribution is 2.27. The fraction of sp³-hybridized carbons (Fsp3) is 0.450. The highest BCUT2D eigenvalue weighted by atomic mass is 19.1. The van der Waals surface area contributed by atoms with Crippen LogP contribution in [0.15, 0.2) is 24.3 Å². The molecule has 1 saturated heterocycles. The average molecular weight is 385 g/mol. The minimum atomic E-state index is -0.437. The van der Waals surface area contributed by atoms with Crippen molar-refractivity contribution in [1.29, 1.82) is 0 Å². The van der Waals surface area contributed by atoms with Crippen molar-refractivity contribution in [2.45, 2.75) is 19.9 Å². The number of urea groups is 1. The molecule has 28 heavy (non-hydrogen) atoms. The summed E-state index contributed by atoms with van der Waals surface area (Å²) in [5.41, 5.74) is 2.23. The Bertz CT molecular complexity index is 881. The van der Waals surface area contributed by atoms with Crippen LogP contribution >= 0.6 is 0 Å². The first kappa shape index (κ1) is 18.6. The Morgan fingerprint density at radius 2 is 1.93 bits per heavy atom. The third-order valence-electron chi connectivity index (χ3n) is 5.47. The summed E-state index contributed by atoms with van der Waals surface area (Å²) in [6.45, 7) is 6.92. The molecule has 1 aromatic carbocycles. The zero-order valence-corrected chi connectivity index (χ0v) is 16.3. The van der Waals surface area contributed by atoms with Gasteiger partial charge in [-0.1, -0.05) is 12.1 Å². The van der Waals surface area contributed by atoms with Crippen molar-refractivity contribution in [3.63, 3.8) is 0 Å². The summed E-state index contributed by atoms with van der Waals surface area (Å²) in [4.78, 5) is 27.6. The van der Waals surface area contributed by atoms with Gasteiger partial charge < -0.3 is 20.0 Å². The number of rotatable bonds is 2. The summed E-state index contributed by atoms with van der Waals surface area (Å²) >= 11 is 0. The summed E-state index contributed by atoms with van der Waals surface area (Å²) in [5, 5.41) is 2.68. The Labute approximate surface area is 164 Å². The Morgan fingerprint density at radius 3 is 2.68 bits per heavy atom. The van der Waals surface area contributed by atoms with Gasteiger partial charge in [0, 0.05) is 18.5 Å². The van der Waals surface area contributed by atoms with Gasteiger partial charge in [-0.15, -0.1) is 0 Å². The number of para-hydroxylation sites is 1. The van der Waals surface area contributed by atoms with Gasteiger partial charge in [0.2, 0.25) is 0 Å². The normalized spacial score (nSPS) is 17.4. The van der Waals surface area contributed by atoms with E-state index in [2.05, 4.69) is 22.2 Å². The minimum Gasteiger partial charge on any atom is -0.345 e. The van der Waals surface area contributed by atoms with Crippen molar-refractivity contribution in [2.24, 2.45) is 0 Å². The van der Waals surface area contributed by atoms with E-state index in [1.807, 2.05) is 6.92 Å². The lowest BCUT2D eigenvalue weighted by atomic mass is 10.1. The largest absolute Gasteiger partial charge is 0.345 e. The van der Waals surface area contributed by atoms with Crippen molar-refractivity contribution in [1.82, 2.24) is 14.9 Å². The van der Waals surface area contributed by atoms with Crippen molar-refractivity contribution in [2.75, 3.05) is 50.0 Å². The third kappa shape index (κ3) is 3.77. The number of piperazine rings is 1. The monoisotopic (exact) mass is 385 g/mol. The molecule has 0 spiro atoms. The number of quaternary nitrogens is 1. The maximum absolute atomic E-state index is 13.9. The number of benzene rings is 1. The fourth-order valence-corrected chi connectivity index (χ4v) is 3.81. The molecule has 2 aliphatic rings. The topological polar surface area (TPSA) is 65.8 Å². The molecule has 3 heterocycles. The molecular weight excluding hydrogens is 359 g/mol. The Morgan fingerprint density at radius 1 is 1.18 bits per heavy atom. The molecule has 2 N–H and O–H groups in total. The number of anilines is 2. The summed E-state index contributed by atoms with van der Waals surface area (Å²) in [7, 11) is 2.20. The van der Waals surface area contributed by atoms with Crippen LogP contribution in [0, 0.1) is 12.7 Å². The quantitative estimate of drug-likeness (QED) is 0.805. The van der Waals surface area contributed by atoms with E-state index in [1.54, 1.807) is 23.1 Å². The lowest BCUT2D eigenvalue weighted by Crippen LogP contribution is -3.12. The fourth-order valence-electron chi connectivity index (χ4n) is 3.81. The average Bonchev–Trinajstić information content (AvgIpc) is 2.69. The summed E-state index contributed by atoms with van der Waals surface area (Å²) in [6.07, 6.45) is 0.676. The molecule has 0 radical (unpaired) electrons. The van der Waals surface area contributed by atoms with Crippen LogP contribution in [-0.4, -0.2) is 60.7 Å². The van der Waals surface area contributed by atoms with E-state index < -0.39 is 5.82 Å². The van der Waals surface area contributed by atoms with E-state index in [4.69, 9.17) is 4.98 Å². The molecule has 4 rings (SSSR count). The number of aryl methyl sites for hydroxylation is 1. The molecule has 2 aliphatic heterocycles. The molecule has 8 heteroatoms. The van der Waals surface area contributed by atoms with Gasteiger partial charge in [0.25, 0.3) is 0 Å². The maximum atomic E-state index is 13.9. The second-order valence-corrected chi connectivity index (χ2v) is 7.55. The van der Waals surface area contributed by atoms with Crippen LogP contribution < -0.4 is 15.1 Å². The number of carbonyl (C=O) groups is 1. The van der Waals surface area contributed by atoms with E-state index in [-0.39, 0.29) is 11.7 Å². The molecule has 0 aliphatic carbocycles. The van der Waals surface area contributed by atoms with E-state index in [1.165, 1.54) is 11.0 Å². The smallest absolute Gasteiger partial charge is 0.322 e. The Kier molecular flexibility index (Phi) is 5.13. The van der Waals surface area contributed by atoms with Crippen LogP contribution in [0.4, 0.5) is 20.7 Å². The first-order valence-corrected chi connectivity index (χ1v) is 9.74. The zero-order valence-electron chi connectivity index (χ0n) is 16.3. The SMILES string of the molecule is Cc1nc2c(c(N3CC[NH+](C)CC3)n1)CN(C(=O)Nc1ccccc1F)CC2. The Hall–Kier alpha value is -2.74. The highest BCUT2D eigenvalue weighted by molar-refractivity contribution is 5.89. The van der Waals surface area contributed by atoms with Crippen LogP contribution in [0.3, 0.4) is 0 Å². The molecule has 2 aromatic rings. The second kappa shape index (κ2) is 7.71. The number of fused-ring (bicyclic) bond motifs is 1. The molecule has 2 amide bonds. The molecular formula is C20H26FN6O+. The van der Waals surface area contributed by atoms with Gasteiger partial charge in [0.15, 0.2) is 0 Å². The number of hydrogen-bond donors (Lipinski definition) is 2. The predicted molar refractivity (Wildman–Crippen MR) is 105 cm³/mol. The van der Waals surface area contributed by atoms with E-state index in [0.29, 0.717) is 19.5 Å². The van der Waals surface area contributed by atoms with Gasteiger partial charge in [0.05, 0.1) is 51.2 Å². The van der Waals surface area contributed by atoms with Crippen molar-refractivity contribution in [3.8, 4) is 0 Å². The third-order valence-corrected chi connectivity index (χ3v) is 5.47. The number of nitrogens with zero attached hydrogens (tertiary/aromatic N) is 4. The molecule has 7 nitrogen and oxygen atoms in total. The maximum Gasteiger partial charge on any atom is 0.322 e. The molecule has 0 atom stereocenters. The molecule has 0 bridgehead atoms. The van der Waals surface area contributed by atoms with Crippen LogP contribution in [-0.2, 0) is 13.0 Å². The molecule has 1 aromatic heterocycles. The number of hydrogen-bond acceptors (Lipinski definition) is 4. The van der Waals surface area contributed by atoms with Gasteiger partial charge in [0.1, 0.15) is 17.5 Å². The number of nitrogens with one attached hydrogen (secondary N) is 2. The summed E-state index contributed by atoms with van der Waals surface area (Å²) in [6, 6.07) is 5.91. The van der Waals surface area contributed by atoms with Crippen LogP contribution in [0.5, 0.6) is 0 Å². The number of carbonyl (C=O) groups excluding carboxylic acids is 1. The predicted octanol–water partition coefficient (Wildman–Crippen LogP) is 0.849. The van der Waals surface area contributed by atoms with Crippen LogP contribution in [0.25, 0.3) is 0 Å². The molecule has 0 saturated carbocycles. The first-order valence-electron chi connectivity index (χ1n) is 9.74. The van der Waals surface area contributed by atoms with Crippen LogP contribution in [0.1, 0.15) is 17.1 Å². The molecule has 0 unspecified atom stereocenters. The van der Waals surface area contributed by atoms with Gasteiger partial charge in [-0.05, 0) is 19.1 Å². The van der Waals surface area contributed by atoms with Gasteiger partial charge in [-0.3, -0.25) is 0 Å². The summed E-state index contributed by atoms with van der Waals surface area (Å²) < 4.78 is 13.9. The number of likely N-dealkylation sites (N-methyl/N-ethyl adjacent to an activating group) is 1. The van der Waals surface area contributed by atoms with Crippen molar-refractivity contribution in [3.05, 3.63) is 47.2 Å². The minimum absolute atomic E-state index is 0.195. The first-order chi connectivity index (χ1) is 13.5. The van der Waals surface area contributed by atoms with Gasteiger partial charge in [-0.25, -0.2) is 19.2 Å². The van der Waals surface area contributed by atoms with Crippen molar-refractivity contribution < 1.29 is 14.1 Å². The van der Waals surface area contributed by atoms with Crippen molar-refractivity contribution >= 4 is 17.5 Å². The molecule has 1 fully saturated rings. The van der Waals surface area contributed by atoms with E-state index >= 15 is 0 Å². The standard InChI is InChI=1S/C20H25FN6O/c1-14-22-17-7-8-27(20(28)24-18-6-4-3-5-16(18)21)13-15(17)19(23-14)26-11-9-25(2)10-12-26/h3-6H,7-13H2,1-2H3,(H,24,28)/p+1. The van der Waals surface area contributed by atoms with E-state index in [9.17, 15) is 9.18 Å². The van der Waals surface area contributed by atoms with Gasteiger partial charge in [-0.2, -0.15) is 0 Å². The lowest BCUT2D eigenvalue weighted by molar-refractivity contribution is -0.880.